The van der Waals surface area contributed by atoms with Crippen molar-refractivity contribution in [3.63, 3.8) is 0 Å². The van der Waals surface area contributed by atoms with Crippen LogP contribution >= 0.6 is 7.82 Å². The molecule has 8 nitrogen and oxygen atoms in total. The molecule has 0 bridgehead atoms. The molecule has 9 heteroatoms. The van der Waals surface area contributed by atoms with E-state index in [-0.39, 0.29) is 19.1 Å². The molecular weight excluding hydrogens is 563 g/mol. The first-order valence-corrected chi connectivity index (χ1v) is 18.4. The second-order valence-electron chi connectivity index (χ2n) is 12.5. The molecule has 0 spiro atoms. The average molecular weight is 630 g/mol. The molecule has 252 valence electrons. The molecule has 0 heterocycles. The van der Waals surface area contributed by atoms with Gasteiger partial charge in [0.1, 0.15) is 13.2 Å². The number of carbonyl (C=O) groups is 1. The van der Waals surface area contributed by atoms with E-state index in [9.17, 15) is 19.4 Å². The van der Waals surface area contributed by atoms with Crippen LogP contribution in [-0.2, 0) is 18.4 Å². The molecule has 0 saturated heterocycles. The summed E-state index contributed by atoms with van der Waals surface area (Å²) in [6.45, 7) is 4.66. The molecule has 0 radical (unpaired) electrons. The highest BCUT2D eigenvalue weighted by molar-refractivity contribution is 7.47. The first-order chi connectivity index (χ1) is 20.5. The van der Waals surface area contributed by atoms with E-state index >= 15 is 0 Å². The number of hydrogen-bond acceptors (Lipinski definition) is 5. The van der Waals surface area contributed by atoms with Gasteiger partial charge in [0.2, 0.25) is 5.91 Å². The van der Waals surface area contributed by atoms with Gasteiger partial charge < -0.3 is 19.8 Å². The van der Waals surface area contributed by atoms with Crippen molar-refractivity contribution < 1.29 is 32.9 Å². The van der Waals surface area contributed by atoms with Crippen LogP contribution in [0.2, 0.25) is 0 Å². The first kappa shape index (κ1) is 41.7. The number of phosphoric acid groups is 1. The Kier molecular flexibility index (Phi) is 26.3. The summed E-state index contributed by atoms with van der Waals surface area (Å²) in [6, 6.07) is -0.861. The number of aliphatic hydroxyl groups excluding tert-OH is 1. The molecule has 3 unspecified atom stereocenters. The standard InChI is InChI=1S/C34H65N2O6P/c1-6-8-10-12-14-16-18-20-22-24-26-28-34(38)35-32(31-42-43(39,40)41-30-29-36(3,4)5)33(37)27-25-23-21-19-17-15-13-11-9-7-2/h12,14,17,19,25,27,32-33,37H,6-11,13,15-16,18,20-24,26,28-31H2,1-5H3,(H-,35,38,39,40)/p+1/b14-12-,19-17+,27-25+. The van der Waals surface area contributed by atoms with E-state index in [0.717, 1.165) is 57.8 Å². The zero-order valence-electron chi connectivity index (χ0n) is 28.2. The third kappa shape index (κ3) is 29.2. The summed E-state index contributed by atoms with van der Waals surface area (Å²) in [5, 5.41) is 13.6. The van der Waals surface area contributed by atoms with Gasteiger partial charge in [-0.2, -0.15) is 0 Å². The summed E-state index contributed by atoms with van der Waals surface area (Å²) in [5.74, 6) is -0.204. The number of unbranched alkanes of at least 4 members (excludes halogenated alkanes) is 12. The minimum atomic E-state index is -4.33. The predicted octanol–water partition coefficient (Wildman–Crippen LogP) is 8.01. The van der Waals surface area contributed by atoms with Gasteiger partial charge in [-0.25, -0.2) is 4.57 Å². The van der Waals surface area contributed by atoms with E-state index < -0.39 is 20.0 Å². The van der Waals surface area contributed by atoms with Crippen LogP contribution in [0.25, 0.3) is 0 Å². The number of hydrogen-bond donors (Lipinski definition) is 3. The Labute approximate surface area is 264 Å². The molecule has 0 aromatic carbocycles. The average Bonchev–Trinajstić information content (AvgIpc) is 2.94. The van der Waals surface area contributed by atoms with Crippen LogP contribution in [-0.4, -0.2) is 73.4 Å². The molecule has 0 aromatic heterocycles. The monoisotopic (exact) mass is 629 g/mol. The molecule has 0 aliphatic heterocycles. The zero-order chi connectivity index (χ0) is 32.2. The predicted molar refractivity (Wildman–Crippen MR) is 180 cm³/mol. The number of likely N-dealkylation sites (N-methyl/N-ethyl adjacent to an activating group) is 1. The van der Waals surface area contributed by atoms with E-state index in [1.807, 2.05) is 27.2 Å². The van der Waals surface area contributed by atoms with Crippen molar-refractivity contribution in [3.8, 4) is 0 Å². The Morgan fingerprint density at radius 1 is 0.767 bits per heavy atom. The summed E-state index contributed by atoms with van der Waals surface area (Å²) in [5.41, 5.74) is 0. The minimum Gasteiger partial charge on any atom is -0.387 e. The van der Waals surface area contributed by atoms with Crippen LogP contribution < -0.4 is 5.32 Å². The number of rotatable bonds is 29. The Balaban J connectivity index is 4.70. The Morgan fingerprint density at radius 2 is 1.30 bits per heavy atom. The van der Waals surface area contributed by atoms with Crippen LogP contribution in [0, 0.1) is 0 Å². The van der Waals surface area contributed by atoms with Gasteiger partial charge in [-0.1, -0.05) is 102 Å². The lowest BCUT2D eigenvalue weighted by Gasteiger charge is -2.25. The number of aliphatic hydroxyl groups is 1. The van der Waals surface area contributed by atoms with E-state index in [1.165, 1.54) is 44.9 Å². The highest BCUT2D eigenvalue weighted by Gasteiger charge is 2.27. The van der Waals surface area contributed by atoms with Gasteiger partial charge in [0.25, 0.3) is 0 Å². The van der Waals surface area contributed by atoms with Crippen molar-refractivity contribution in [1.82, 2.24) is 5.32 Å². The molecular formula is C34H66N2O6P+. The Hall–Kier alpha value is -1.28. The van der Waals surface area contributed by atoms with E-state index in [1.54, 1.807) is 6.08 Å². The summed E-state index contributed by atoms with van der Waals surface area (Å²) in [7, 11) is 1.54. The summed E-state index contributed by atoms with van der Waals surface area (Å²) < 4.78 is 23.3. The fraction of sp³-hybridized carbons (Fsp3) is 0.794. The smallest absolute Gasteiger partial charge is 0.387 e. The zero-order valence-corrected chi connectivity index (χ0v) is 29.1. The number of nitrogens with one attached hydrogen (secondary N) is 1. The molecule has 0 fully saturated rings. The molecule has 3 atom stereocenters. The Morgan fingerprint density at radius 3 is 1.93 bits per heavy atom. The SMILES string of the molecule is CCCC/C=C\CCCCCCCC(=O)NC(COP(=O)(O)OCC[N+](C)(C)C)C(O)/C=C/CC/C=C/CCCCCC. The summed E-state index contributed by atoms with van der Waals surface area (Å²) >= 11 is 0. The molecule has 0 aliphatic rings. The lowest BCUT2D eigenvalue weighted by atomic mass is 10.1. The number of allylic oxidation sites excluding steroid dienone is 5. The largest absolute Gasteiger partial charge is 0.472 e. The highest BCUT2D eigenvalue weighted by atomic mass is 31.2. The van der Waals surface area contributed by atoms with Crippen molar-refractivity contribution in [1.29, 1.82) is 0 Å². The summed E-state index contributed by atoms with van der Waals surface area (Å²) in [4.78, 5) is 22.8. The van der Waals surface area contributed by atoms with Crippen LogP contribution in [0.15, 0.2) is 36.5 Å². The van der Waals surface area contributed by atoms with Gasteiger partial charge in [0.05, 0.1) is 39.9 Å². The van der Waals surface area contributed by atoms with Crippen LogP contribution in [0.5, 0.6) is 0 Å². The molecule has 1 amide bonds. The number of carbonyl (C=O) groups excluding carboxylic acids is 1. The second kappa shape index (κ2) is 27.1. The third-order valence-corrected chi connectivity index (χ3v) is 8.07. The van der Waals surface area contributed by atoms with Gasteiger partial charge in [-0.05, 0) is 51.4 Å². The number of phosphoric ester groups is 1. The molecule has 0 aromatic rings. The fourth-order valence-electron chi connectivity index (χ4n) is 4.27. The molecule has 3 N–H and O–H groups in total. The quantitative estimate of drug-likeness (QED) is 0.0335. The van der Waals surface area contributed by atoms with Crippen molar-refractivity contribution in [2.45, 2.75) is 135 Å². The molecule has 0 aliphatic carbocycles. The lowest BCUT2D eigenvalue weighted by Crippen LogP contribution is -2.45. The maximum atomic E-state index is 12.7. The highest BCUT2D eigenvalue weighted by Crippen LogP contribution is 2.43. The van der Waals surface area contributed by atoms with Crippen molar-refractivity contribution in [3.05, 3.63) is 36.5 Å². The van der Waals surface area contributed by atoms with Gasteiger partial charge in [-0.3, -0.25) is 13.8 Å². The maximum Gasteiger partial charge on any atom is 0.472 e. The van der Waals surface area contributed by atoms with E-state index in [0.29, 0.717) is 17.4 Å². The van der Waals surface area contributed by atoms with Crippen molar-refractivity contribution in [2.24, 2.45) is 0 Å². The number of nitrogens with zero attached hydrogens (tertiary/aromatic N) is 1. The van der Waals surface area contributed by atoms with Gasteiger partial charge in [0, 0.05) is 6.42 Å². The first-order valence-electron chi connectivity index (χ1n) is 16.9. The lowest BCUT2D eigenvalue weighted by molar-refractivity contribution is -0.870. The van der Waals surface area contributed by atoms with Crippen molar-refractivity contribution in [2.75, 3.05) is 40.9 Å². The third-order valence-electron chi connectivity index (χ3n) is 7.08. The Bertz CT molecular complexity index is 809. The number of quaternary nitrogens is 1. The molecule has 0 saturated carbocycles. The normalized spacial score (nSPS) is 15.4. The van der Waals surface area contributed by atoms with Crippen LogP contribution in [0.4, 0.5) is 0 Å². The van der Waals surface area contributed by atoms with Crippen molar-refractivity contribution >= 4 is 13.7 Å². The van der Waals surface area contributed by atoms with Gasteiger partial charge in [0.15, 0.2) is 0 Å². The van der Waals surface area contributed by atoms with Gasteiger partial charge >= 0.3 is 7.82 Å². The van der Waals surface area contributed by atoms with E-state index in [2.05, 4.69) is 43.5 Å². The molecule has 43 heavy (non-hydrogen) atoms. The molecule has 0 rings (SSSR count). The minimum absolute atomic E-state index is 0.0536. The van der Waals surface area contributed by atoms with E-state index in [4.69, 9.17) is 9.05 Å². The van der Waals surface area contributed by atoms with Crippen LogP contribution in [0.1, 0.15) is 123 Å². The van der Waals surface area contributed by atoms with Crippen LogP contribution in [0.3, 0.4) is 0 Å². The second-order valence-corrected chi connectivity index (χ2v) is 14.0. The fourth-order valence-corrected chi connectivity index (χ4v) is 5.00. The summed E-state index contributed by atoms with van der Waals surface area (Å²) in [6.07, 6.45) is 29.3. The maximum absolute atomic E-state index is 12.7. The van der Waals surface area contributed by atoms with Gasteiger partial charge in [-0.15, -0.1) is 0 Å². The topological polar surface area (TPSA) is 105 Å². The number of amides is 1.